The highest BCUT2D eigenvalue weighted by atomic mass is 19.1. The molecule has 5 heteroatoms. The Bertz CT molecular complexity index is 1190. The standard InChI is InChI=1S/C20H13FN4/c21-15-6-2-1-5-13(15)12-9-10-16-14(11-12)19(25-24-16)20-22-17-7-3-4-8-18(17)23-20/h1-11H,(H,22,23)(H,24,25). The molecule has 4 nitrogen and oxygen atoms in total. The van der Waals surface area contributed by atoms with Gasteiger partial charge in [0.15, 0.2) is 5.82 Å². The van der Waals surface area contributed by atoms with Gasteiger partial charge in [0.2, 0.25) is 0 Å². The Hall–Kier alpha value is -3.47. The fraction of sp³-hybridized carbons (Fsp3) is 0. The molecule has 5 aromatic rings. The minimum Gasteiger partial charge on any atom is -0.337 e. The molecule has 2 heterocycles. The van der Waals surface area contributed by atoms with E-state index in [4.69, 9.17) is 0 Å². The van der Waals surface area contributed by atoms with Crippen LogP contribution in [0.3, 0.4) is 0 Å². The van der Waals surface area contributed by atoms with Crippen LogP contribution >= 0.6 is 0 Å². The molecule has 0 unspecified atom stereocenters. The predicted octanol–water partition coefficient (Wildman–Crippen LogP) is 4.91. The van der Waals surface area contributed by atoms with Crippen molar-refractivity contribution in [2.24, 2.45) is 0 Å². The fourth-order valence-corrected chi connectivity index (χ4v) is 3.12. The molecule has 0 aliphatic carbocycles. The summed E-state index contributed by atoms with van der Waals surface area (Å²) in [7, 11) is 0. The molecular weight excluding hydrogens is 315 g/mol. The minimum absolute atomic E-state index is 0.240. The van der Waals surface area contributed by atoms with Gasteiger partial charge in [-0.05, 0) is 35.9 Å². The topological polar surface area (TPSA) is 57.4 Å². The number of imidazole rings is 1. The molecule has 0 aliphatic heterocycles. The van der Waals surface area contributed by atoms with E-state index in [1.807, 2.05) is 48.5 Å². The third-order valence-corrected chi connectivity index (χ3v) is 4.36. The van der Waals surface area contributed by atoms with Crippen LogP contribution in [0.2, 0.25) is 0 Å². The van der Waals surface area contributed by atoms with Crippen molar-refractivity contribution in [3.05, 3.63) is 72.5 Å². The first-order chi connectivity index (χ1) is 12.3. The summed E-state index contributed by atoms with van der Waals surface area (Å²) >= 11 is 0. The van der Waals surface area contributed by atoms with Crippen molar-refractivity contribution in [3.63, 3.8) is 0 Å². The number of para-hydroxylation sites is 2. The van der Waals surface area contributed by atoms with Crippen molar-refractivity contribution in [1.29, 1.82) is 0 Å². The van der Waals surface area contributed by atoms with E-state index in [2.05, 4.69) is 20.2 Å². The van der Waals surface area contributed by atoms with Crippen LogP contribution in [0.25, 0.3) is 44.6 Å². The smallest absolute Gasteiger partial charge is 0.159 e. The summed E-state index contributed by atoms with van der Waals surface area (Å²) in [6.07, 6.45) is 0. The average molecular weight is 328 g/mol. The number of rotatable bonds is 2. The Morgan fingerprint density at radius 2 is 1.68 bits per heavy atom. The zero-order valence-electron chi connectivity index (χ0n) is 13.1. The van der Waals surface area contributed by atoms with Crippen LogP contribution in [0, 0.1) is 5.82 Å². The highest BCUT2D eigenvalue weighted by Crippen LogP contribution is 2.31. The Morgan fingerprint density at radius 3 is 2.56 bits per heavy atom. The van der Waals surface area contributed by atoms with Gasteiger partial charge < -0.3 is 4.98 Å². The third kappa shape index (κ3) is 2.21. The summed E-state index contributed by atoms with van der Waals surface area (Å²) in [5.74, 6) is 0.453. The number of nitrogens with one attached hydrogen (secondary N) is 2. The summed E-state index contributed by atoms with van der Waals surface area (Å²) in [5, 5.41) is 8.33. The van der Waals surface area contributed by atoms with E-state index < -0.39 is 0 Å². The number of nitrogens with zero attached hydrogens (tertiary/aromatic N) is 2. The van der Waals surface area contributed by atoms with Gasteiger partial charge in [-0.2, -0.15) is 5.10 Å². The van der Waals surface area contributed by atoms with E-state index in [0.717, 1.165) is 33.2 Å². The summed E-state index contributed by atoms with van der Waals surface area (Å²) in [6.45, 7) is 0. The van der Waals surface area contributed by atoms with Gasteiger partial charge in [-0.1, -0.05) is 36.4 Å². The molecule has 3 aromatic carbocycles. The number of halogens is 1. The number of benzene rings is 3. The van der Waals surface area contributed by atoms with E-state index >= 15 is 0 Å². The van der Waals surface area contributed by atoms with Gasteiger partial charge in [0.05, 0.1) is 16.6 Å². The minimum atomic E-state index is -0.240. The Morgan fingerprint density at radius 1 is 0.840 bits per heavy atom. The molecule has 2 N–H and O–H groups in total. The number of H-pyrrole nitrogens is 2. The third-order valence-electron chi connectivity index (χ3n) is 4.36. The van der Waals surface area contributed by atoms with Crippen molar-refractivity contribution in [2.75, 3.05) is 0 Å². The molecule has 0 radical (unpaired) electrons. The maximum Gasteiger partial charge on any atom is 0.159 e. The van der Waals surface area contributed by atoms with Crippen LogP contribution in [0.4, 0.5) is 4.39 Å². The normalized spacial score (nSPS) is 11.4. The lowest BCUT2D eigenvalue weighted by Crippen LogP contribution is -1.85. The molecule has 0 spiro atoms. The highest BCUT2D eigenvalue weighted by molar-refractivity contribution is 5.95. The summed E-state index contributed by atoms with van der Waals surface area (Å²) in [6, 6.07) is 20.4. The monoisotopic (exact) mass is 328 g/mol. The summed E-state index contributed by atoms with van der Waals surface area (Å²) in [5.41, 5.74) is 4.84. The maximum atomic E-state index is 14.1. The zero-order valence-corrected chi connectivity index (χ0v) is 13.1. The van der Waals surface area contributed by atoms with Gasteiger partial charge in [-0.3, -0.25) is 5.10 Å². The summed E-state index contributed by atoms with van der Waals surface area (Å²) < 4.78 is 14.1. The number of aromatic nitrogens is 4. The van der Waals surface area contributed by atoms with Crippen LogP contribution in [0.1, 0.15) is 0 Å². The number of fused-ring (bicyclic) bond motifs is 2. The van der Waals surface area contributed by atoms with E-state index in [-0.39, 0.29) is 5.82 Å². The second kappa shape index (κ2) is 5.27. The molecule has 5 rings (SSSR count). The molecule has 0 saturated heterocycles. The van der Waals surface area contributed by atoms with E-state index in [0.29, 0.717) is 11.4 Å². The zero-order chi connectivity index (χ0) is 16.8. The van der Waals surface area contributed by atoms with Crippen molar-refractivity contribution in [1.82, 2.24) is 20.2 Å². The Kier molecular flexibility index (Phi) is 2.94. The molecule has 0 bridgehead atoms. The molecule has 0 amide bonds. The number of hydrogen-bond acceptors (Lipinski definition) is 2. The Balaban J connectivity index is 1.71. The van der Waals surface area contributed by atoms with Gasteiger partial charge in [-0.25, -0.2) is 9.37 Å². The largest absolute Gasteiger partial charge is 0.337 e. The van der Waals surface area contributed by atoms with Gasteiger partial charge in [-0.15, -0.1) is 0 Å². The average Bonchev–Trinajstić information content (AvgIpc) is 3.25. The summed E-state index contributed by atoms with van der Waals surface area (Å²) in [4.78, 5) is 7.91. The molecule has 2 aromatic heterocycles. The Labute approximate surface area is 142 Å². The van der Waals surface area contributed by atoms with Gasteiger partial charge >= 0.3 is 0 Å². The van der Waals surface area contributed by atoms with Crippen molar-refractivity contribution in [2.45, 2.75) is 0 Å². The lowest BCUT2D eigenvalue weighted by Gasteiger charge is -2.03. The van der Waals surface area contributed by atoms with Gasteiger partial charge in [0.25, 0.3) is 0 Å². The molecule has 0 fully saturated rings. The van der Waals surface area contributed by atoms with E-state index in [1.165, 1.54) is 6.07 Å². The van der Waals surface area contributed by atoms with Crippen LogP contribution in [-0.2, 0) is 0 Å². The van der Waals surface area contributed by atoms with Gasteiger partial charge in [0.1, 0.15) is 11.5 Å². The number of hydrogen-bond donors (Lipinski definition) is 2. The highest BCUT2D eigenvalue weighted by Gasteiger charge is 2.14. The van der Waals surface area contributed by atoms with Crippen LogP contribution in [-0.4, -0.2) is 20.2 Å². The predicted molar refractivity (Wildman–Crippen MR) is 96.6 cm³/mol. The quantitative estimate of drug-likeness (QED) is 0.483. The second-order valence-electron chi connectivity index (χ2n) is 5.91. The fourth-order valence-electron chi connectivity index (χ4n) is 3.12. The SMILES string of the molecule is Fc1ccccc1-c1ccc2[nH]nc(-c3nc4ccccc4[nH]3)c2c1. The van der Waals surface area contributed by atoms with Crippen molar-refractivity contribution < 1.29 is 4.39 Å². The van der Waals surface area contributed by atoms with E-state index in [1.54, 1.807) is 12.1 Å². The first-order valence-corrected chi connectivity index (χ1v) is 7.98. The lowest BCUT2D eigenvalue weighted by molar-refractivity contribution is 0.631. The molecule has 0 aliphatic rings. The van der Waals surface area contributed by atoms with E-state index in [9.17, 15) is 4.39 Å². The number of aromatic amines is 2. The molecule has 120 valence electrons. The van der Waals surface area contributed by atoms with Crippen LogP contribution < -0.4 is 0 Å². The van der Waals surface area contributed by atoms with Crippen LogP contribution in [0.5, 0.6) is 0 Å². The van der Waals surface area contributed by atoms with Crippen LogP contribution in [0.15, 0.2) is 66.7 Å². The van der Waals surface area contributed by atoms with Crippen molar-refractivity contribution in [3.8, 4) is 22.6 Å². The molecule has 0 atom stereocenters. The maximum absolute atomic E-state index is 14.1. The first kappa shape index (κ1) is 13.9. The molecular formula is C20H13FN4. The first-order valence-electron chi connectivity index (χ1n) is 7.98. The van der Waals surface area contributed by atoms with Gasteiger partial charge in [0, 0.05) is 10.9 Å². The van der Waals surface area contributed by atoms with Crippen molar-refractivity contribution >= 4 is 21.9 Å². The molecule has 0 saturated carbocycles. The second-order valence-corrected chi connectivity index (χ2v) is 5.91. The molecule has 25 heavy (non-hydrogen) atoms. The lowest BCUT2D eigenvalue weighted by atomic mass is 10.0.